The van der Waals surface area contributed by atoms with Crippen LogP contribution in [0.4, 0.5) is 0 Å². The summed E-state index contributed by atoms with van der Waals surface area (Å²) in [6.45, 7) is -0.266. The maximum Gasteiger partial charge on any atom is 0.333 e. The van der Waals surface area contributed by atoms with Crippen LogP contribution < -0.4 is 5.14 Å². The highest BCUT2D eigenvalue weighted by molar-refractivity contribution is 7.84. The van der Waals surface area contributed by atoms with E-state index in [1.807, 2.05) is 36.4 Å². The minimum Gasteiger partial charge on any atom is -0.340 e. The molecule has 0 radical (unpaired) electrons. The van der Waals surface area contributed by atoms with Crippen molar-refractivity contribution in [2.24, 2.45) is 5.14 Å². The van der Waals surface area contributed by atoms with E-state index in [-0.39, 0.29) is 6.61 Å². The zero-order chi connectivity index (χ0) is 17.2. The summed E-state index contributed by atoms with van der Waals surface area (Å²) in [4.78, 5) is 0. The highest BCUT2D eigenvalue weighted by Gasteiger charge is 2.39. The fourth-order valence-electron chi connectivity index (χ4n) is 2.52. The molecule has 0 aliphatic carbocycles. The van der Waals surface area contributed by atoms with Gasteiger partial charge in [-0.05, 0) is 6.07 Å². The topological polar surface area (TPSA) is 87.9 Å². The summed E-state index contributed by atoms with van der Waals surface area (Å²) in [6, 6.07) is 16.5. The minimum absolute atomic E-state index is 0.266. The standard InChI is InChI=1S/C16H16ClNO5S/c17-13-9-5-4-8-12(13)15-14(10-21-24(18,19)20)22-16(23-15)11-6-2-1-3-7-11/h1-9,14-16H,10H2,(H2,18,19,20)/t14-,15-,16?/m1/s1. The predicted molar refractivity (Wildman–Crippen MR) is 88.4 cm³/mol. The number of ether oxygens (including phenoxy) is 2. The van der Waals surface area contributed by atoms with E-state index < -0.39 is 28.8 Å². The molecule has 1 aliphatic heterocycles. The maximum atomic E-state index is 11.1. The molecular formula is C16H16ClNO5S. The molecule has 1 fully saturated rings. The van der Waals surface area contributed by atoms with E-state index in [0.29, 0.717) is 10.6 Å². The summed E-state index contributed by atoms with van der Waals surface area (Å²) in [5.41, 5.74) is 1.51. The highest BCUT2D eigenvalue weighted by atomic mass is 35.5. The molecule has 1 saturated heterocycles. The molecule has 1 heterocycles. The molecule has 0 spiro atoms. The molecule has 6 nitrogen and oxygen atoms in total. The van der Waals surface area contributed by atoms with Gasteiger partial charge in [0.1, 0.15) is 12.2 Å². The molecule has 3 rings (SSSR count). The van der Waals surface area contributed by atoms with Crippen molar-refractivity contribution in [1.82, 2.24) is 0 Å². The Morgan fingerprint density at radius 2 is 1.71 bits per heavy atom. The Balaban J connectivity index is 1.86. The van der Waals surface area contributed by atoms with Crippen LogP contribution in [0, 0.1) is 0 Å². The predicted octanol–water partition coefficient (Wildman–Crippen LogP) is 2.72. The number of hydrogen-bond donors (Lipinski definition) is 1. The third-order valence-corrected chi connectivity index (χ3v) is 4.40. The molecule has 2 aromatic carbocycles. The van der Waals surface area contributed by atoms with Crippen molar-refractivity contribution in [2.75, 3.05) is 6.61 Å². The molecule has 8 heteroatoms. The fourth-order valence-corrected chi connectivity index (χ4v) is 3.09. The van der Waals surface area contributed by atoms with Gasteiger partial charge in [-0.15, -0.1) is 0 Å². The quantitative estimate of drug-likeness (QED) is 0.875. The average molecular weight is 370 g/mol. The third-order valence-electron chi connectivity index (χ3n) is 3.59. The van der Waals surface area contributed by atoms with Gasteiger partial charge in [0, 0.05) is 16.1 Å². The number of hydrogen-bond acceptors (Lipinski definition) is 5. The zero-order valence-corrected chi connectivity index (χ0v) is 14.1. The van der Waals surface area contributed by atoms with Crippen molar-refractivity contribution in [3.63, 3.8) is 0 Å². The van der Waals surface area contributed by atoms with Crippen LogP contribution in [-0.4, -0.2) is 21.1 Å². The lowest BCUT2D eigenvalue weighted by atomic mass is 10.1. The van der Waals surface area contributed by atoms with Crippen LogP contribution in [-0.2, 0) is 24.0 Å². The highest BCUT2D eigenvalue weighted by Crippen LogP contribution is 2.42. The van der Waals surface area contributed by atoms with Crippen molar-refractivity contribution in [3.05, 3.63) is 70.7 Å². The number of nitrogens with two attached hydrogens (primary N) is 1. The summed E-state index contributed by atoms with van der Waals surface area (Å²) in [5, 5.41) is 5.40. The smallest absolute Gasteiger partial charge is 0.333 e. The molecule has 2 aromatic rings. The van der Waals surface area contributed by atoms with E-state index in [1.54, 1.807) is 18.2 Å². The van der Waals surface area contributed by atoms with Gasteiger partial charge in [-0.25, -0.2) is 5.14 Å². The molecule has 1 aliphatic rings. The Kier molecular flexibility index (Phi) is 5.19. The second-order valence-corrected chi connectivity index (χ2v) is 6.90. The lowest BCUT2D eigenvalue weighted by molar-refractivity contribution is -0.0727. The molecule has 3 atom stereocenters. The van der Waals surface area contributed by atoms with Gasteiger partial charge in [-0.2, -0.15) is 8.42 Å². The zero-order valence-electron chi connectivity index (χ0n) is 12.5. The molecule has 2 N–H and O–H groups in total. The summed E-state index contributed by atoms with van der Waals surface area (Å²) >= 11 is 6.23. The van der Waals surface area contributed by atoms with E-state index >= 15 is 0 Å². The summed E-state index contributed by atoms with van der Waals surface area (Å²) < 4.78 is 38.7. The first kappa shape index (κ1) is 17.3. The van der Waals surface area contributed by atoms with Crippen molar-refractivity contribution >= 4 is 21.9 Å². The van der Waals surface area contributed by atoms with E-state index in [4.69, 9.17) is 30.4 Å². The van der Waals surface area contributed by atoms with E-state index in [1.165, 1.54) is 0 Å². The van der Waals surface area contributed by atoms with Gasteiger partial charge >= 0.3 is 10.3 Å². The SMILES string of the molecule is NS(=O)(=O)OC[C@H]1OC(c2ccccc2)O[C@@H]1c1ccccc1Cl. The van der Waals surface area contributed by atoms with Crippen LogP contribution >= 0.6 is 11.6 Å². The second-order valence-electron chi connectivity index (χ2n) is 5.27. The molecule has 0 amide bonds. The van der Waals surface area contributed by atoms with Crippen LogP contribution in [0.25, 0.3) is 0 Å². The monoisotopic (exact) mass is 369 g/mol. The fraction of sp³-hybridized carbons (Fsp3) is 0.250. The Morgan fingerprint density at radius 1 is 1.04 bits per heavy atom. The first-order valence-electron chi connectivity index (χ1n) is 7.21. The Labute approximate surface area is 145 Å². The summed E-state index contributed by atoms with van der Waals surface area (Å²) in [7, 11) is -4.08. The number of benzene rings is 2. The van der Waals surface area contributed by atoms with E-state index in [0.717, 1.165) is 5.56 Å². The van der Waals surface area contributed by atoms with Crippen LogP contribution in [0.3, 0.4) is 0 Å². The third kappa shape index (κ3) is 4.13. The molecule has 1 unspecified atom stereocenters. The largest absolute Gasteiger partial charge is 0.340 e. The number of rotatable bonds is 5. The molecular weight excluding hydrogens is 354 g/mol. The van der Waals surface area contributed by atoms with Crippen LogP contribution in [0.15, 0.2) is 54.6 Å². The molecule has 24 heavy (non-hydrogen) atoms. The maximum absolute atomic E-state index is 11.1. The second kappa shape index (κ2) is 7.18. The van der Waals surface area contributed by atoms with Gasteiger partial charge in [-0.3, -0.25) is 4.18 Å². The lowest BCUT2D eigenvalue weighted by Crippen LogP contribution is -2.26. The minimum atomic E-state index is -4.08. The van der Waals surface area contributed by atoms with Crippen molar-refractivity contribution in [2.45, 2.75) is 18.5 Å². The normalized spacial score (nSPS) is 24.2. The average Bonchev–Trinajstić information content (AvgIpc) is 2.98. The van der Waals surface area contributed by atoms with Gasteiger partial charge in [0.25, 0.3) is 0 Å². The molecule has 0 bridgehead atoms. The van der Waals surface area contributed by atoms with Crippen LogP contribution in [0.5, 0.6) is 0 Å². The van der Waals surface area contributed by atoms with Crippen molar-refractivity contribution < 1.29 is 22.1 Å². The van der Waals surface area contributed by atoms with Crippen molar-refractivity contribution in [1.29, 1.82) is 0 Å². The van der Waals surface area contributed by atoms with Gasteiger partial charge in [0.15, 0.2) is 6.29 Å². The lowest BCUT2D eigenvalue weighted by Gasteiger charge is -2.17. The first-order chi connectivity index (χ1) is 11.4. The Bertz CT molecular complexity index is 799. The molecule has 0 saturated carbocycles. The Hall–Kier alpha value is -1.48. The van der Waals surface area contributed by atoms with Gasteiger partial charge < -0.3 is 9.47 Å². The molecule has 0 aromatic heterocycles. The van der Waals surface area contributed by atoms with Gasteiger partial charge in [-0.1, -0.05) is 60.1 Å². The van der Waals surface area contributed by atoms with E-state index in [9.17, 15) is 8.42 Å². The van der Waals surface area contributed by atoms with Crippen molar-refractivity contribution in [3.8, 4) is 0 Å². The Morgan fingerprint density at radius 3 is 2.38 bits per heavy atom. The summed E-state index contributed by atoms with van der Waals surface area (Å²) in [6.07, 6.45) is -1.90. The molecule has 128 valence electrons. The number of halogens is 1. The van der Waals surface area contributed by atoms with Gasteiger partial charge in [0.05, 0.1) is 6.61 Å². The summed E-state index contributed by atoms with van der Waals surface area (Å²) in [5.74, 6) is 0. The first-order valence-corrected chi connectivity index (χ1v) is 9.06. The van der Waals surface area contributed by atoms with Gasteiger partial charge in [0.2, 0.25) is 0 Å². The van der Waals surface area contributed by atoms with Crippen LogP contribution in [0.1, 0.15) is 23.5 Å². The van der Waals surface area contributed by atoms with Crippen LogP contribution in [0.2, 0.25) is 5.02 Å². The van der Waals surface area contributed by atoms with E-state index in [2.05, 4.69) is 0 Å².